The lowest BCUT2D eigenvalue weighted by Gasteiger charge is -2.01. The van der Waals surface area contributed by atoms with Gasteiger partial charge in [-0.05, 0) is 42.7 Å². The summed E-state index contributed by atoms with van der Waals surface area (Å²) >= 11 is 0. The first-order valence-corrected chi connectivity index (χ1v) is 8.77. The van der Waals surface area contributed by atoms with E-state index in [4.69, 9.17) is 0 Å². The fraction of sp³-hybridized carbons (Fsp3) is 0.250. The molecule has 4 rings (SSSR count). The highest BCUT2D eigenvalue weighted by Gasteiger charge is 2.24. The van der Waals surface area contributed by atoms with Crippen LogP contribution < -0.4 is 9.88 Å². The van der Waals surface area contributed by atoms with Crippen LogP contribution in [0.5, 0.6) is 5.75 Å². The van der Waals surface area contributed by atoms with Crippen molar-refractivity contribution in [2.45, 2.75) is 31.8 Å². The third-order valence-electron chi connectivity index (χ3n) is 4.36. The zero-order valence-electron chi connectivity index (χ0n) is 14.4. The zero-order valence-corrected chi connectivity index (χ0v) is 14.4. The molecule has 0 bridgehead atoms. The molecule has 0 saturated heterocycles. The van der Waals surface area contributed by atoms with Gasteiger partial charge in [-0.2, -0.15) is 9.67 Å². The van der Waals surface area contributed by atoms with Crippen molar-refractivity contribution in [3.63, 3.8) is 0 Å². The predicted octanol–water partition coefficient (Wildman–Crippen LogP) is 1.94. The first-order valence-electron chi connectivity index (χ1n) is 8.77. The Kier molecular flexibility index (Phi) is 4.39. The van der Waals surface area contributed by atoms with Gasteiger partial charge in [0.2, 0.25) is 6.54 Å². The normalized spacial score (nSPS) is 13.5. The number of phenols is 1. The number of H-pyrrole nitrogens is 1. The topological polar surface area (TPSA) is 81.9 Å². The molecule has 1 amide bonds. The fourth-order valence-corrected chi connectivity index (χ4v) is 2.93. The Bertz CT molecular complexity index is 931. The van der Waals surface area contributed by atoms with Crippen molar-refractivity contribution in [1.82, 2.24) is 15.5 Å². The molecule has 2 heterocycles. The van der Waals surface area contributed by atoms with Crippen LogP contribution in [0.2, 0.25) is 0 Å². The lowest BCUT2D eigenvalue weighted by Crippen LogP contribution is -2.43. The largest absolute Gasteiger partial charge is 0.508 e. The van der Waals surface area contributed by atoms with Crippen LogP contribution in [0.15, 0.2) is 54.9 Å². The number of aromatic amines is 1. The highest BCUT2D eigenvalue weighted by molar-refractivity contribution is 5.75. The number of aromatic hydroxyl groups is 1. The van der Waals surface area contributed by atoms with E-state index in [9.17, 15) is 9.90 Å². The van der Waals surface area contributed by atoms with E-state index >= 15 is 0 Å². The van der Waals surface area contributed by atoms with Crippen molar-refractivity contribution >= 4 is 5.91 Å². The number of pyridine rings is 1. The highest BCUT2D eigenvalue weighted by atomic mass is 16.3. The SMILES string of the molecule is O=C(C[n+]1cccc(-c2cc(Cc3cccc(O)c3)[nH]n2)c1)NC1CC1. The van der Waals surface area contributed by atoms with Gasteiger partial charge in [0.05, 0.1) is 11.3 Å². The van der Waals surface area contributed by atoms with Gasteiger partial charge in [-0.25, -0.2) is 0 Å². The molecule has 6 heteroatoms. The van der Waals surface area contributed by atoms with Crippen LogP contribution in [0.25, 0.3) is 11.3 Å². The number of aromatic nitrogens is 3. The Balaban J connectivity index is 1.46. The van der Waals surface area contributed by atoms with Crippen LogP contribution in [-0.2, 0) is 17.8 Å². The standard InChI is InChI=1S/C20H20N4O2/c25-18-5-1-3-14(10-18)9-17-11-19(23-22-17)15-4-2-8-24(12-15)13-20(26)21-16-6-7-16/h1-5,8,10-12,16H,6-7,9,13H2,(H2-,21,22,23,25,26)/p+1. The summed E-state index contributed by atoms with van der Waals surface area (Å²) in [5.74, 6) is 0.303. The van der Waals surface area contributed by atoms with Crippen LogP contribution in [0.3, 0.4) is 0 Å². The van der Waals surface area contributed by atoms with E-state index in [1.54, 1.807) is 12.1 Å². The minimum absolute atomic E-state index is 0.0428. The molecule has 1 saturated carbocycles. The Morgan fingerprint density at radius 3 is 2.96 bits per heavy atom. The maximum absolute atomic E-state index is 12.0. The summed E-state index contributed by atoms with van der Waals surface area (Å²) in [5.41, 5.74) is 3.76. The van der Waals surface area contributed by atoms with Gasteiger partial charge < -0.3 is 10.4 Å². The zero-order chi connectivity index (χ0) is 17.9. The van der Waals surface area contributed by atoms with E-state index in [2.05, 4.69) is 15.5 Å². The molecule has 1 aromatic carbocycles. The van der Waals surface area contributed by atoms with E-state index in [1.165, 1.54) is 0 Å². The molecule has 0 unspecified atom stereocenters. The quantitative estimate of drug-likeness (QED) is 0.595. The van der Waals surface area contributed by atoms with Crippen LogP contribution in [0.1, 0.15) is 24.1 Å². The smallest absolute Gasteiger partial charge is 0.286 e. The maximum atomic E-state index is 12.0. The molecule has 6 nitrogen and oxygen atoms in total. The Labute approximate surface area is 151 Å². The number of hydrogen-bond donors (Lipinski definition) is 3. The summed E-state index contributed by atoms with van der Waals surface area (Å²) < 4.78 is 1.87. The van der Waals surface area contributed by atoms with Crippen LogP contribution >= 0.6 is 0 Å². The monoisotopic (exact) mass is 349 g/mol. The minimum atomic E-state index is 0.0428. The van der Waals surface area contributed by atoms with Gasteiger partial charge in [0.15, 0.2) is 12.4 Å². The van der Waals surface area contributed by atoms with Gasteiger partial charge >= 0.3 is 0 Å². The number of amides is 1. The molecule has 132 valence electrons. The third kappa shape index (κ3) is 4.08. The van der Waals surface area contributed by atoms with Gasteiger partial charge in [-0.15, -0.1) is 0 Å². The molecule has 1 aliphatic rings. The van der Waals surface area contributed by atoms with Crippen molar-refractivity contribution in [3.8, 4) is 17.0 Å². The first kappa shape index (κ1) is 16.3. The molecule has 0 spiro atoms. The van der Waals surface area contributed by atoms with Gasteiger partial charge in [-0.1, -0.05) is 12.1 Å². The number of hydrogen-bond acceptors (Lipinski definition) is 3. The number of nitrogens with one attached hydrogen (secondary N) is 2. The summed E-state index contributed by atoms with van der Waals surface area (Å²) in [6.45, 7) is 0.310. The predicted molar refractivity (Wildman–Crippen MR) is 96.3 cm³/mol. The Morgan fingerprint density at radius 1 is 1.27 bits per heavy atom. The second-order valence-corrected chi connectivity index (χ2v) is 6.73. The van der Waals surface area contributed by atoms with Crippen molar-refractivity contribution in [2.24, 2.45) is 0 Å². The average Bonchev–Trinajstić information content (AvgIpc) is 3.30. The first-order chi connectivity index (χ1) is 12.7. The van der Waals surface area contributed by atoms with Crippen molar-refractivity contribution in [1.29, 1.82) is 0 Å². The second-order valence-electron chi connectivity index (χ2n) is 6.73. The van der Waals surface area contributed by atoms with Gasteiger partial charge in [-0.3, -0.25) is 9.89 Å². The van der Waals surface area contributed by atoms with Crippen molar-refractivity contribution in [2.75, 3.05) is 0 Å². The molecule has 1 fully saturated rings. The number of carbonyl (C=O) groups excluding carboxylic acids is 1. The molecule has 0 radical (unpaired) electrons. The summed E-state index contributed by atoms with van der Waals surface area (Å²) in [5, 5.41) is 20.0. The van der Waals surface area contributed by atoms with E-state index in [1.807, 2.05) is 47.3 Å². The van der Waals surface area contributed by atoms with Gasteiger partial charge in [0.1, 0.15) is 5.75 Å². The lowest BCUT2D eigenvalue weighted by molar-refractivity contribution is -0.684. The Hall–Kier alpha value is -3.15. The molecule has 26 heavy (non-hydrogen) atoms. The number of rotatable bonds is 6. The van der Waals surface area contributed by atoms with Crippen molar-refractivity contribution in [3.05, 3.63) is 66.1 Å². The molecule has 0 aliphatic heterocycles. The summed E-state index contributed by atoms with van der Waals surface area (Å²) in [6.07, 6.45) is 6.66. The van der Waals surface area contributed by atoms with Crippen molar-refractivity contribution < 1.29 is 14.5 Å². The van der Waals surface area contributed by atoms with E-state index < -0.39 is 0 Å². The fourth-order valence-electron chi connectivity index (χ4n) is 2.93. The summed E-state index contributed by atoms with van der Waals surface area (Å²) in [7, 11) is 0. The van der Waals surface area contributed by atoms with Gasteiger partial charge in [0, 0.05) is 24.2 Å². The maximum Gasteiger partial charge on any atom is 0.286 e. The Morgan fingerprint density at radius 2 is 2.15 bits per heavy atom. The summed E-state index contributed by atoms with van der Waals surface area (Å²) in [4.78, 5) is 12.0. The second kappa shape index (κ2) is 7.00. The molecule has 3 N–H and O–H groups in total. The molecular formula is C20H21N4O2+. The highest BCUT2D eigenvalue weighted by Crippen LogP contribution is 2.20. The molecule has 0 atom stereocenters. The molecule has 1 aliphatic carbocycles. The lowest BCUT2D eigenvalue weighted by atomic mass is 10.1. The van der Waals surface area contributed by atoms with E-state index in [-0.39, 0.29) is 11.7 Å². The minimum Gasteiger partial charge on any atom is -0.508 e. The van der Waals surface area contributed by atoms with Crippen LogP contribution in [0, 0.1) is 0 Å². The van der Waals surface area contributed by atoms with Gasteiger partial charge in [0.25, 0.3) is 5.91 Å². The summed E-state index contributed by atoms with van der Waals surface area (Å²) in [6, 6.07) is 13.5. The molecule has 3 aromatic rings. The van der Waals surface area contributed by atoms with E-state index in [0.717, 1.165) is 35.4 Å². The molecule has 2 aromatic heterocycles. The van der Waals surface area contributed by atoms with Crippen LogP contribution in [0.4, 0.5) is 0 Å². The average molecular weight is 349 g/mol. The number of benzene rings is 1. The number of carbonyl (C=O) groups is 1. The van der Waals surface area contributed by atoms with E-state index in [0.29, 0.717) is 19.0 Å². The number of phenolic OH excluding ortho intramolecular Hbond substituents is 1. The van der Waals surface area contributed by atoms with Crippen LogP contribution in [-0.4, -0.2) is 27.3 Å². The number of nitrogens with zero attached hydrogens (tertiary/aromatic N) is 2. The third-order valence-corrected chi connectivity index (χ3v) is 4.36. The molecular weight excluding hydrogens is 328 g/mol.